The number of aromatic nitrogens is 4. The third kappa shape index (κ3) is 1.77. The predicted octanol–water partition coefficient (Wildman–Crippen LogP) is 1.29. The minimum absolute atomic E-state index is 0. The molecule has 0 aliphatic heterocycles. The van der Waals surface area contributed by atoms with E-state index in [0.717, 1.165) is 0 Å². The molecule has 0 fully saturated rings. The molecule has 0 aromatic carbocycles. The molecular formula is C5HCl2N4Y-. The molecule has 4 nitrogen and oxygen atoms in total. The van der Waals surface area contributed by atoms with Crippen molar-refractivity contribution in [3.63, 3.8) is 0 Å². The fourth-order valence-corrected chi connectivity index (χ4v) is 1.16. The SMILES string of the molecule is Clc1nc(Cl)c2cn[n-]c2n1.[Y]. The van der Waals surface area contributed by atoms with Crippen LogP contribution in [0.15, 0.2) is 6.20 Å². The zero-order chi connectivity index (χ0) is 7.84. The smallest absolute Gasteiger partial charge is 0.139 e. The summed E-state index contributed by atoms with van der Waals surface area (Å²) in [5, 5.41) is 8.27. The molecule has 12 heavy (non-hydrogen) atoms. The van der Waals surface area contributed by atoms with E-state index < -0.39 is 0 Å². The minimum atomic E-state index is 0. The van der Waals surface area contributed by atoms with Crippen LogP contribution >= 0.6 is 23.2 Å². The Hall–Kier alpha value is 0.234. The van der Waals surface area contributed by atoms with Crippen LogP contribution in [0.5, 0.6) is 0 Å². The fraction of sp³-hybridized carbons (Fsp3) is 0. The summed E-state index contributed by atoms with van der Waals surface area (Å²) in [7, 11) is 0. The fourth-order valence-electron chi connectivity index (χ4n) is 0.735. The first kappa shape index (κ1) is 10.3. The van der Waals surface area contributed by atoms with Gasteiger partial charge in [0.05, 0.1) is 0 Å². The third-order valence-corrected chi connectivity index (χ3v) is 1.65. The Morgan fingerprint density at radius 1 is 1.25 bits per heavy atom. The quantitative estimate of drug-likeness (QED) is 0.537. The van der Waals surface area contributed by atoms with E-state index in [4.69, 9.17) is 23.2 Å². The number of nitrogens with zero attached hydrogens (tertiary/aromatic N) is 4. The van der Waals surface area contributed by atoms with Gasteiger partial charge in [0, 0.05) is 44.3 Å². The second-order valence-electron chi connectivity index (χ2n) is 1.87. The van der Waals surface area contributed by atoms with Gasteiger partial charge in [0.2, 0.25) is 0 Å². The van der Waals surface area contributed by atoms with Crippen molar-refractivity contribution in [3.8, 4) is 0 Å². The molecule has 0 N–H and O–H groups in total. The first-order valence-corrected chi connectivity index (χ1v) is 3.50. The Bertz CT molecular complexity index is 401. The van der Waals surface area contributed by atoms with E-state index in [1.807, 2.05) is 0 Å². The summed E-state index contributed by atoms with van der Waals surface area (Å²) < 4.78 is 0. The summed E-state index contributed by atoms with van der Waals surface area (Å²) in [4.78, 5) is 7.51. The maximum absolute atomic E-state index is 5.69. The van der Waals surface area contributed by atoms with Crippen LogP contribution in [-0.4, -0.2) is 15.1 Å². The molecule has 2 aromatic rings. The summed E-state index contributed by atoms with van der Waals surface area (Å²) in [5.74, 6) is 0. The molecule has 2 aromatic heterocycles. The number of hydrogen-bond acceptors (Lipinski definition) is 3. The average Bonchev–Trinajstić information content (AvgIpc) is 2.34. The molecule has 1 radical (unpaired) electrons. The molecule has 0 amide bonds. The first-order valence-electron chi connectivity index (χ1n) is 2.74. The Labute approximate surface area is 103 Å². The monoisotopic (exact) mass is 276 g/mol. The van der Waals surface area contributed by atoms with Gasteiger partial charge in [0.1, 0.15) is 10.4 Å². The topological polar surface area (TPSA) is 52.8 Å². The van der Waals surface area contributed by atoms with Crippen LogP contribution in [0.2, 0.25) is 10.4 Å². The van der Waals surface area contributed by atoms with E-state index in [1.54, 1.807) is 0 Å². The molecule has 0 saturated carbocycles. The Balaban J connectivity index is 0.000000720. The van der Waals surface area contributed by atoms with Gasteiger partial charge in [0.15, 0.2) is 0 Å². The van der Waals surface area contributed by atoms with Crippen LogP contribution in [0.25, 0.3) is 11.0 Å². The molecule has 0 spiro atoms. The molecule has 0 unspecified atom stereocenters. The van der Waals surface area contributed by atoms with E-state index in [1.165, 1.54) is 6.20 Å². The van der Waals surface area contributed by atoms with Crippen LogP contribution in [-0.2, 0) is 32.7 Å². The van der Waals surface area contributed by atoms with Crippen molar-refractivity contribution in [1.82, 2.24) is 20.2 Å². The second kappa shape index (κ2) is 3.96. The van der Waals surface area contributed by atoms with E-state index in [9.17, 15) is 0 Å². The number of rotatable bonds is 0. The largest absolute Gasteiger partial charge is 0.408 e. The average molecular weight is 277 g/mol. The molecule has 0 bridgehead atoms. The van der Waals surface area contributed by atoms with Gasteiger partial charge in [-0.3, -0.25) is 5.10 Å². The van der Waals surface area contributed by atoms with Gasteiger partial charge in [-0.1, -0.05) is 23.2 Å². The van der Waals surface area contributed by atoms with Crippen LogP contribution in [0.4, 0.5) is 0 Å². The zero-order valence-corrected chi connectivity index (χ0v) is 10.0. The Morgan fingerprint density at radius 3 is 2.75 bits per heavy atom. The van der Waals surface area contributed by atoms with Gasteiger partial charge >= 0.3 is 0 Å². The molecule has 0 saturated heterocycles. The van der Waals surface area contributed by atoms with Crippen LogP contribution in [0, 0.1) is 0 Å². The van der Waals surface area contributed by atoms with Crippen molar-refractivity contribution in [2.75, 3.05) is 0 Å². The summed E-state index contributed by atoms with van der Waals surface area (Å²) in [6.45, 7) is 0. The number of hydrogen-bond donors (Lipinski definition) is 0. The van der Waals surface area contributed by atoms with Gasteiger partial charge in [-0.15, -0.1) is 0 Å². The van der Waals surface area contributed by atoms with Gasteiger partial charge < -0.3 is 10.1 Å². The predicted molar refractivity (Wildman–Crippen MR) is 40.7 cm³/mol. The van der Waals surface area contributed by atoms with E-state index >= 15 is 0 Å². The normalized spacial score (nSPS) is 9.83. The zero-order valence-electron chi connectivity index (χ0n) is 5.70. The molecule has 0 atom stereocenters. The summed E-state index contributed by atoms with van der Waals surface area (Å²) >= 11 is 11.2. The molecule has 2 rings (SSSR count). The maximum Gasteiger partial charge on any atom is 0.139 e. The molecule has 2 heterocycles. The van der Waals surface area contributed by atoms with Crippen LogP contribution in [0.1, 0.15) is 0 Å². The third-order valence-electron chi connectivity index (χ3n) is 1.19. The van der Waals surface area contributed by atoms with Crippen molar-refractivity contribution < 1.29 is 32.7 Å². The van der Waals surface area contributed by atoms with Gasteiger partial charge in [-0.05, 0) is 5.65 Å². The van der Waals surface area contributed by atoms with Crippen LogP contribution < -0.4 is 5.10 Å². The van der Waals surface area contributed by atoms with Gasteiger partial charge in [0.25, 0.3) is 0 Å². The van der Waals surface area contributed by atoms with Crippen molar-refractivity contribution >= 4 is 34.2 Å². The second-order valence-corrected chi connectivity index (χ2v) is 2.56. The number of halogens is 2. The molecule has 7 heteroatoms. The molecule has 59 valence electrons. The van der Waals surface area contributed by atoms with Crippen molar-refractivity contribution in [2.24, 2.45) is 0 Å². The molecule has 0 aliphatic carbocycles. The summed E-state index contributed by atoms with van der Waals surface area (Å²) in [6, 6.07) is 0. The Morgan fingerprint density at radius 2 is 2.00 bits per heavy atom. The van der Waals surface area contributed by atoms with Crippen molar-refractivity contribution in [2.45, 2.75) is 0 Å². The van der Waals surface area contributed by atoms with Crippen molar-refractivity contribution in [3.05, 3.63) is 16.6 Å². The van der Waals surface area contributed by atoms with Crippen LogP contribution in [0.3, 0.4) is 0 Å². The van der Waals surface area contributed by atoms with Gasteiger partial charge in [-0.25, -0.2) is 4.98 Å². The van der Waals surface area contributed by atoms with Gasteiger partial charge in [-0.2, -0.15) is 0 Å². The summed E-state index contributed by atoms with van der Waals surface area (Å²) in [6.07, 6.45) is 1.49. The standard InChI is InChI=1S/C5HCl2N4.Y/c6-3-2-1-8-11-4(2)10-5(7)9-3;/h1H;/q-1;. The van der Waals surface area contributed by atoms with E-state index in [0.29, 0.717) is 11.0 Å². The molecular weight excluding hydrogens is 276 g/mol. The Kier molecular flexibility index (Phi) is 3.41. The van der Waals surface area contributed by atoms with E-state index in [2.05, 4.69) is 20.2 Å². The number of fused-ring (bicyclic) bond motifs is 1. The maximum atomic E-state index is 5.69. The van der Waals surface area contributed by atoms with E-state index in [-0.39, 0.29) is 43.1 Å². The van der Waals surface area contributed by atoms with Crippen molar-refractivity contribution in [1.29, 1.82) is 0 Å². The molecule has 0 aliphatic rings. The summed E-state index contributed by atoms with van der Waals surface area (Å²) in [5.41, 5.74) is 0.426. The first-order chi connectivity index (χ1) is 5.27. The minimum Gasteiger partial charge on any atom is -0.408 e.